The molecule has 1 aromatic rings. The van der Waals surface area contributed by atoms with Crippen LogP contribution in [0.4, 0.5) is 0 Å². The fraction of sp³-hybridized carbons (Fsp3) is 0.500. The summed E-state index contributed by atoms with van der Waals surface area (Å²) in [5.74, 6) is -2.82. The van der Waals surface area contributed by atoms with E-state index in [4.69, 9.17) is 28.4 Å². The lowest BCUT2D eigenvalue weighted by Crippen LogP contribution is -2.64. The van der Waals surface area contributed by atoms with Crippen molar-refractivity contribution in [1.82, 2.24) is 0 Å². The first-order valence-corrected chi connectivity index (χ1v) is 10.3. The first-order chi connectivity index (χ1) is 14.7. The van der Waals surface area contributed by atoms with Crippen molar-refractivity contribution in [3.8, 4) is 5.75 Å². The molecule has 0 radical (unpaired) electrons. The van der Waals surface area contributed by atoms with E-state index in [1.54, 1.807) is 24.3 Å². The van der Waals surface area contributed by atoms with Crippen molar-refractivity contribution >= 4 is 39.8 Å². The van der Waals surface area contributed by atoms with Gasteiger partial charge in [-0.1, -0.05) is 28.1 Å². The summed E-state index contributed by atoms with van der Waals surface area (Å²) in [6.45, 7) is 3.36. The van der Waals surface area contributed by atoms with Gasteiger partial charge in [-0.2, -0.15) is 0 Å². The lowest BCUT2D eigenvalue weighted by Gasteiger charge is -2.43. The van der Waals surface area contributed by atoms with Gasteiger partial charge in [-0.15, -0.1) is 0 Å². The van der Waals surface area contributed by atoms with Gasteiger partial charge in [0.15, 0.2) is 18.3 Å². The van der Waals surface area contributed by atoms with Crippen molar-refractivity contribution < 1.29 is 47.6 Å². The number of hydrogen-bond acceptors (Lipinski definition) is 10. The lowest BCUT2D eigenvalue weighted by atomic mass is 9.97. The zero-order valence-electron chi connectivity index (χ0n) is 17.4. The normalized spacial score (nSPS) is 25.1. The van der Waals surface area contributed by atoms with Crippen LogP contribution in [0.15, 0.2) is 24.3 Å². The van der Waals surface area contributed by atoms with Crippen molar-refractivity contribution in [3.05, 3.63) is 29.8 Å². The molecule has 0 N–H and O–H groups in total. The quantitative estimate of drug-likeness (QED) is 0.308. The molecule has 10 nitrogen and oxygen atoms in total. The Labute approximate surface area is 187 Å². The van der Waals surface area contributed by atoms with E-state index in [-0.39, 0.29) is 0 Å². The minimum absolute atomic E-state index is 0.336. The smallest absolute Gasteiger partial charge is 0.339 e. The molecule has 5 atom stereocenters. The molecule has 1 aliphatic heterocycles. The SMILES string of the molecule is COC(=O)C1OC(Oc2ccc(CBr)cc2)C(OC(C)=O)C(OC(C)=O)C1OC(C)=O. The second-order valence-electron chi connectivity index (χ2n) is 6.57. The van der Waals surface area contributed by atoms with Crippen LogP contribution in [0.25, 0.3) is 0 Å². The van der Waals surface area contributed by atoms with E-state index in [1.165, 1.54) is 0 Å². The van der Waals surface area contributed by atoms with Crippen LogP contribution in [-0.2, 0) is 48.2 Å². The third-order valence-electron chi connectivity index (χ3n) is 4.16. The maximum atomic E-state index is 12.4. The standard InChI is InChI=1S/C20H23BrO10/c1-10(22)27-15-16(28-11(2)23)18(29-12(3)24)20(31-17(15)19(25)26-4)30-14-7-5-13(9-21)6-8-14/h5-8,15-18,20H,9H2,1-4H3. The van der Waals surface area contributed by atoms with Crippen LogP contribution in [0, 0.1) is 0 Å². The maximum Gasteiger partial charge on any atom is 0.339 e. The Morgan fingerprint density at radius 3 is 1.87 bits per heavy atom. The molecule has 0 saturated carbocycles. The van der Waals surface area contributed by atoms with Crippen LogP contribution in [0.3, 0.4) is 0 Å². The van der Waals surface area contributed by atoms with E-state index in [1.807, 2.05) is 0 Å². The van der Waals surface area contributed by atoms with Crippen molar-refractivity contribution in [2.75, 3.05) is 7.11 Å². The van der Waals surface area contributed by atoms with E-state index in [2.05, 4.69) is 15.9 Å². The van der Waals surface area contributed by atoms with E-state index >= 15 is 0 Å². The molecule has 0 bridgehead atoms. The number of carbonyl (C=O) groups is 4. The van der Waals surface area contributed by atoms with Gasteiger partial charge in [0.1, 0.15) is 5.75 Å². The highest BCUT2D eigenvalue weighted by atomic mass is 79.9. The maximum absolute atomic E-state index is 12.4. The van der Waals surface area contributed by atoms with Gasteiger partial charge >= 0.3 is 23.9 Å². The Hall–Kier alpha value is -2.66. The first kappa shape index (κ1) is 24.6. The molecule has 1 saturated heterocycles. The molecule has 0 amide bonds. The average molecular weight is 503 g/mol. The van der Waals surface area contributed by atoms with Gasteiger partial charge in [0.2, 0.25) is 12.4 Å². The van der Waals surface area contributed by atoms with Gasteiger partial charge < -0.3 is 28.4 Å². The minimum Gasteiger partial charge on any atom is -0.467 e. The Kier molecular flexibility index (Phi) is 8.81. The number of alkyl halides is 1. The molecule has 5 unspecified atom stereocenters. The van der Waals surface area contributed by atoms with Gasteiger partial charge in [0.05, 0.1) is 7.11 Å². The van der Waals surface area contributed by atoms with Crippen LogP contribution < -0.4 is 4.74 Å². The lowest BCUT2D eigenvalue weighted by molar-refractivity contribution is -0.282. The van der Waals surface area contributed by atoms with E-state index < -0.39 is 54.6 Å². The molecule has 0 spiro atoms. The molecule has 170 valence electrons. The molecule has 1 heterocycles. The second-order valence-corrected chi connectivity index (χ2v) is 7.13. The third-order valence-corrected chi connectivity index (χ3v) is 4.81. The van der Waals surface area contributed by atoms with Gasteiger partial charge in [-0.25, -0.2) is 4.79 Å². The van der Waals surface area contributed by atoms with Crippen molar-refractivity contribution in [2.24, 2.45) is 0 Å². The summed E-state index contributed by atoms with van der Waals surface area (Å²) < 4.78 is 32.0. The van der Waals surface area contributed by atoms with Crippen LogP contribution in [0.2, 0.25) is 0 Å². The van der Waals surface area contributed by atoms with E-state index in [9.17, 15) is 19.2 Å². The summed E-state index contributed by atoms with van der Waals surface area (Å²) in [5, 5.41) is 0.631. The zero-order chi connectivity index (χ0) is 23.1. The van der Waals surface area contributed by atoms with Gasteiger partial charge in [0.25, 0.3) is 0 Å². The number of ether oxygens (including phenoxy) is 6. The Balaban J connectivity index is 2.46. The average Bonchev–Trinajstić information content (AvgIpc) is 2.71. The fourth-order valence-electron chi connectivity index (χ4n) is 2.97. The highest BCUT2D eigenvalue weighted by Gasteiger charge is 2.55. The fourth-order valence-corrected chi connectivity index (χ4v) is 3.34. The largest absolute Gasteiger partial charge is 0.467 e. The molecule has 1 aromatic carbocycles. The van der Waals surface area contributed by atoms with Gasteiger partial charge in [0, 0.05) is 26.1 Å². The zero-order valence-corrected chi connectivity index (χ0v) is 18.9. The second kappa shape index (κ2) is 11.1. The topological polar surface area (TPSA) is 124 Å². The highest BCUT2D eigenvalue weighted by molar-refractivity contribution is 9.08. The summed E-state index contributed by atoms with van der Waals surface area (Å²) in [6.07, 6.45) is -7.05. The van der Waals surface area contributed by atoms with Gasteiger partial charge in [-0.3, -0.25) is 14.4 Å². The molecule has 1 fully saturated rings. The summed E-state index contributed by atoms with van der Waals surface area (Å²) in [7, 11) is 1.12. The van der Waals surface area contributed by atoms with E-state index in [0.717, 1.165) is 33.4 Å². The van der Waals surface area contributed by atoms with Crippen molar-refractivity contribution in [3.63, 3.8) is 0 Å². The number of halogens is 1. The summed E-state index contributed by atoms with van der Waals surface area (Å²) in [6, 6.07) is 6.88. The number of carbonyl (C=O) groups excluding carboxylic acids is 4. The predicted octanol–water partition coefficient (Wildman–Crippen LogP) is 1.65. The monoisotopic (exact) mass is 502 g/mol. The number of benzene rings is 1. The molecule has 31 heavy (non-hydrogen) atoms. The van der Waals surface area contributed by atoms with E-state index in [0.29, 0.717) is 11.1 Å². The predicted molar refractivity (Wildman–Crippen MR) is 107 cm³/mol. The minimum atomic E-state index is -1.50. The molecular formula is C20H23BrO10. The summed E-state index contributed by atoms with van der Waals surface area (Å²) >= 11 is 3.34. The Morgan fingerprint density at radius 1 is 0.871 bits per heavy atom. The molecule has 2 rings (SSSR count). The van der Waals surface area contributed by atoms with Crippen LogP contribution in [-0.4, -0.2) is 61.7 Å². The first-order valence-electron chi connectivity index (χ1n) is 9.22. The number of esters is 4. The van der Waals surface area contributed by atoms with Crippen LogP contribution in [0.1, 0.15) is 26.3 Å². The molecule has 0 aliphatic carbocycles. The van der Waals surface area contributed by atoms with Crippen LogP contribution in [0.5, 0.6) is 5.75 Å². The van der Waals surface area contributed by atoms with Gasteiger partial charge in [-0.05, 0) is 17.7 Å². The highest BCUT2D eigenvalue weighted by Crippen LogP contribution is 2.31. The number of rotatable bonds is 7. The number of methoxy groups -OCH3 is 1. The third kappa shape index (κ3) is 6.66. The Bertz CT molecular complexity index is 809. The molecule has 1 aliphatic rings. The Morgan fingerprint density at radius 2 is 1.39 bits per heavy atom. The molecule has 0 aromatic heterocycles. The molecular weight excluding hydrogens is 480 g/mol. The van der Waals surface area contributed by atoms with Crippen LogP contribution >= 0.6 is 15.9 Å². The summed E-state index contributed by atoms with van der Waals surface area (Å²) in [4.78, 5) is 47.5. The number of hydrogen-bond donors (Lipinski definition) is 0. The van der Waals surface area contributed by atoms with Crippen molar-refractivity contribution in [1.29, 1.82) is 0 Å². The molecule has 11 heteroatoms. The van der Waals surface area contributed by atoms with Crippen molar-refractivity contribution in [2.45, 2.75) is 56.8 Å². The summed E-state index contributed by atoms with van der Waals surface area (Å²) in [5.41, 5.74) is 0.980.